The van der Waals surface area contributed by atoms with Gasteiger partial charge in [-0.15, -0.1) is 0 Å². The molecule has 1 aliphatic rings. The van der Waals surface area contributed by atoms with Crippen molar-refractivity contribution in [2.45, 2.75) is 51.4 Å². The molecule has 0 saturated heterocycles. The average molecular weight is 507 g/mol. The summed E-state index contributed by atoms with van der Waals surface area (Å²) in [6.45, 7) is 2.08. The van der Waals surface area contributed by atoms with Crippen molar-refractivity contribution < 1.29 is 21.5 Å². The van der Waals surface area contributed by atoms with Crippen LogP contribution in [0.1, 0.15) is 55.7 Å². The molecule has 0 unspecified atom stereocenters. The van der Waals surface area contributed by atoms with Gasteiger partial charge in [-0.25, -0.2) is 0 Å². The van der Waals surface area contributed by atoms with Gasteiger partial charge >= 0.3 is 184 Å². The Kier molecular flexibility index (Phi) is 6.58. The molecule has 2 aromatic carbocycles. The van der Waals surface area contributed by atoms with Crippen molar-refractivity contribution >= 4 is 23.1 Å². The number of halogens is 2. The van der Waals surface area contributed by atoms with E-state index in [0.29, 0.717) is 5.92 Å². The minimum absolute atomic E-state index is 0.523. The van der Waals surface area contributed by atoms with Crippen LogP contribution in [0, 0.1) is 10.5 Å². The van der Waals surface area contributed by atoms with Gasteiger partial charge in [0.05, 0.1) is 0 Å². The first-order valence-electron chi connectivity index (χ1n) is 10.0. The summed E-state index contributed by atoms with van der Waals surface area (Å²) in [7, 11) is 0. The Morgan fingerprint density at radius 3 is 2.46 bits per heavy atom. The molecular formula is C23H26ClIN3-. The van der Waals surface area contributed by atoms with Crippen LogP contribution >= 0.6 is 11.6 Å². The number of H-pyrrole nitrogens is 1. The number of aryl methyl sites for hydroxylation is 1. The SMILES string of the molecule is Cc1ccc([I-]N(c2ccccc2)c2cc(C3CCCCCC3)[nH]n2)c(Cl)c1. The zero-order chi connectivity index (χ0) is 19.3. The number of rotatable bonds is 5. The second-order valence-electron chi connectivity index (χ2n) is 7.49. The standard InChI is InChI=1S/C23H26ClIN3/c1-17-13-14-21(20(24)15-17)25-28(19-11-7-4-8-12-19)23-16-22(26-27-23)18-9-5-2-3-6-10-18/h4,7-8,11-16,18H,2-3,5-6,9-10H2,1H3,(H,26,27)/q-1. The number of aromatic nitrogens is 2. The predicted molar refractivity (Wildman–Crippen MR) is 112 cm³/mol. The first kappa shape index (κ1) is 19.8. The summed E-state index contributed by atoms with van der Waals surface area (Å²) in [5.41, 5.74) is 3.65. The third-order valence-electron chi connectivity index (χ3n) is 5.31. The molecule has 1 N–H and O–H groups in total. The van der Waals surface area contributed by atoms with Gasteiger partial charge in [0.15, 0.2) is 0 Å². The fourth-order valence-electron chi connectivity index (χ4n) is 3.77. The number of para-hydroxylation sites is 1. The Morgan fingerprint density at radius 1 is 1.00 bits per heavy atom. The van der Waals surface area contributed by atoms with E-state index in [4.69, 9.17) is 16.7 Å². The van der Waals surface area contributed by atoms with Crippen LogP contribution in [-0.2, 0) is 0 Å². The zero-order valence-electron chi connectivity index (χ0n) is 16.2. The van der Waals surface area contributed by atoms with Crippen LogP contribution in [-0.4, -0.2) is 10.2 Å². The van der Waals surface area contributed by atoms with Gasteiger partial charge in [0.25, 0.3) is 0 Å². The molecule has 0 bridgehead atoms. The van der Waals surface area contributed by atoms with E-state index in [0.717, 1.165) is 10.8 Å². The van der Waals surface area contributed by atoms with Crippen LogP contribution in [0.15, 0.2) is 54.6 Å². The van der Waals surface area contributed by atoms with E-state index >= 15 is 0 Å². The molecule has 1 saturated carbocycles. The Labute approximate surface area is 183 Å². The van der Waals surface area contributed by atoms with Crippen molar-refractivity contribution in [1.29, 1.82) is 0 Å². The van der Waals surface area contributed by atoms with Crippen molar-refractivity contribution in [3.63, 3.8) is 0 Å². The van der Waals surface area contributed by atoms with Gasteiger partial charge in [0.1, 0.15) is 0 Å². The first-order valence-corrected chi connectivity index (χ1v) is 12.4. The summed E-state index contributed by atoms with van der Waals surface area (Å²) in [6, 6.07) is 19.2. The number of hydrogen-bond donors (Lipinski definition) is 1. The number of benzene rings is 2. The van der Waals surface area contributed by atoms with Gasteiger partial charge in [-0.3, -0.25) is 0 Å². The van der Waals surface area contributed by atoms with Crippen LogP contribution in [0.5, 0.6) is 0 Å². The van der Waals surface area contributed by atoms with Gasteiger partial charge in [-0.05, 0) is 0 Å². The summed E-state index contributed by atoms with van der Waals surface area (Å²) in [5.74, 6) is 1.62. The van der Waals surface area contributed by atoms with Crippen LogP contribution < -0.4 is 24.6 Å². The Balaban J connectivity index is 1.64. The molecule has 1 aromatic heterocycles. The van der Waals surface area contributed by atoms with Gasteiger partial charge in [0.2, 0.25) is 0 Å². The van der Waals surface area contributed by atoms with Crippen LogP contribution in [0.2, 0.25) is 5.02 Å². The molecule has 5 heteroatoms. The molecule has 148 valence electrons. The van der Waals surface area contributed by atoms with Gasteiger partial charge < -0.3 is 0 Å². The molecule has 1 heterocycles. The molecule has 3 nitrogen and oxygen atoms in total. The fraction of sp³-hybridized carbons (Fsp3) is 0.348. The van der Waals surface area contributed by atoms with E-state index in [1.807, 2.05) is 0 Å². The maximum atomic E-state index is 6.57. The fourth-order valence-corrected chi connectivity index (χ4v) is 6.56. The summed E-state index contributed by atoms with van der Waals surface area (Å²) in [6.07, 6.45) is 7.92. The molecule has 0 aliphatic heterocycles. The third-order valence-corrected chi connectivity index (χ3v) is 8.94. The molecule has 0 amide bonds. The number of nitrogens with one attached hydrogen (secondary N) is 1. The van der Waals surface area contributed by atoms with Gasteiger partial charge in [0, 0.05) is 0 Å². The molecule has 3 aromatic rings. The molecule has 0 radical (unpaired) electrons. The van der Waals surface area contributed by atoms with Crippen molar-refractivity contribution in [2.75, 3.05) is 3.11 Å². The molecular weight excluding hydrogens is 481 g/mol. The Morgan fingerprint density at radius 2 is 1.75 bits per heavy atom. The second kappa shape index (κ2) is 9.31. The molecule has 0 atom stereocenters. The number of nitrogens with zero attached hydrogens (tertiary/aromatic N) is 2. The van der Waals surface area contributed by atoms with E-state index in [2.05, 4.69) is 69.7 Å². The number of anilines is 2. The maximum absolute atomic E-state index is 6.57. The summed E-state index contributed by atoms with van der Waals surface area (Å²) in [4.78, 5) is 0. The van der Waals surface area contributed by atoms with Crippen molar-refractivity contribution in [2.24, 2.45) is 0 Å². The summed E-state index contributed by atoms with van der Waals surface area (Å²) in [5, 5.41) is 8.94. The summed E-state index contributed by atoms with van der Waals surface area (Å²) < 4.78 is 3.57. The molecule has 1 fully saturated rings. The minimum atomic E-state index is -0.523. The van der Waals surface area contributed by atoms with Crippen molar-refractivity contribution in [1.82, 2.24) is 10.2 Å². The number of hydrogen-bond acceptors (Lipinski definition) is 2. The van der Waals surface area contributed by atoms with Crippen LogP contribution in [0.25, 0.3) is 0 Å². The van der Waals surface area contributed by atoms with E-state index in [1.54, 1.807) is 0 Å². The van der Waals surface area contributed by atoms with Crippen molar-refractivity contribution in [3.05, 3.63) is 74.4 Å². The van der Waals surface area contributed by atoms with Gasteiger partial charge in [-0.2, -0.15) is 0 Å². The number of aromatic amines is 1. The van der Waals surface area contributed by atoms with Crippen LogP contribution in [0.3, 0.4) is 0 Å². The van der Waals surface area contributed by atoms with E-state index < -0.39 is 21.5 Å². The van der Waals surface area contributed by atoms with Gasteiger partial charge in [-0.1, -0.05) is 0 Å². The van der Waals surface area contributed by atoms with Crippen LogP contribution in [0.4, 0.5) is 11.5 Å². The normalized spacial score (nSPS) is 15.5. The third kappa shape index (κ3) is 4.71. The Bertz CT molecular complexity index is 901. The first-order chi connectivity index (χ1) is 13.7. The average Bonchev–Trinajstić information content (AvgIpc) is 3.03. The molecule has 0 spiro atoms. The molecule has 1 aliphatic carbocycles. The monoisotopic (exact) mass is 506 g/mol. The predicted octanol–water partition coefficient (Wildman–Crippen LogP) is 3.82. The van der Waals surface area contributed by atoms with E-state index in [1.165, 1.54) is 59.0 Å². The van der Waals surface area contributed by atoms with E-state index in [-0.39, 0.29) is 0 Å². The second-order valence-corrected chi connectivity index (χ2v) is 10.5. The zero-order valence-corrected chi connectivity index (χ0v) is 19.1. The summed E-state index contributed by atoms with van der Waals surface area (Å²) >= 11 is 6.04. The molecule has 4 rings (SSSR count). The van der Waals surface area contributed by atoms with E-state index in [9.17, 15) is 0 Å². The Hall–Kier alpha value is -1.53. The molecule has 28 heavy (non-hydrogen) atoms. The van der Waals surface area contributed by atoms with Crippen molar-refractivity contribution in [3.8, 4) is 0 Å². The topological polar surface area (TPSA) is 31.9 Å². The quantitative estimate of drug-likeness (QED) is 0.324.